The minimum atomic E-state index is -1.35. The predicted molar refractivity (Wildman–Crippen MR) is 50.3 cm³/mol. The van der Waals surface area contributed by atoms with Gasteiger partial charge in [-0.1, -0.05) is 30.3 Å². The normalized spacial score (nSPS) is 12.2. The fourth-order valence-electron chi connectivity index (χ4n) is 0.805. The van der Waals surface area contributed by atoms with E-state index in [2.05, 4.69) is 4.74 Å². The van der Waals surface area contributed by atoms with Gasteiger partial charge in [0.25, 0.3) is 0 Å². The molecule has 0 N–H and O–H groups in total. The van der Waals surface area contributed by atoms with Crippen LogP contribution in [-0.2, 0) is 4.74 Å². The highest BCUT2D eigenvalue weighted by Gasteiger charge is 2.15. The lowest BCUT2D eigenvalue weighted by Gasteiger charge is -2.05. The SMILES string of the molecule is COC(=O)SC(F)c1ccccc1. The molecule has 0 saturated heterocycles. The second kappa shape index (κ2) is 4.87. The molecule has 70 valence electrons. The van der Waals surface area contributed by atoms with Crippen LogP contribution in [0.4, 0.5) is 9.18 Å². The number of thioether (sulfide) groups is 1. The van der Waals surface area contributed by atoms with E-state index in [0.29, 0.717) is 17.3 Å². The summed E-state index contributed by atoms with van der Waals surface area (Å²) in [5.74, 6) is 0. The first kappa shape index (κ1) is 10.1. The summed E-state index contributed by atoms with van der Waals surface area (Å²) >= 11 is 0.525. The molecule has 2 nitrogen and oxygen atoms in total. The Morgan fingerprint density at radius 3 is 2.62 bits per heavy atom. The maximum atomic E-state index is 13.2. The van der Waals surface area contributed by atoms with Crippen LogP contribution in [0.15, 0.2) is 30.3 Å². The summed E-state index contributed by atoms with van der Waals surface area (Å²) in [7, 11) is 1.23. The van der Waals surface area contributed by atoms with Crippen molar-refractivity contribution in [3.63, 3.8) is 0 Å². The quantitative estimate of drug-likeness (QED) is 0.686. The third-order valence-corrected chi connectivity index (χ3v) is 2.27. The summed E-state index contributed by atoms with van der Waals surface area (Å²) in [4.78, 5) is 10.7. The van der Waals surface area contributed by atoms with Crippen LogP contribution >= 0.6 is 11.8 Å². The van der Waals surface area contributed by atoms with Gasteiger partial charge >= 0.3 is 5.30 Å². The van der Waals surface area contributed by atoms with Crippen molar-refractivity contribution in [2.75, 3.05) is 7.11 Å². The van der Waals surface area contributed by atoms with Gasteiger partial charge in [0.1, 0.15) is 0 Å². The molecule has 1 unspecified atom stereocenters. The Bertz CT molecular complexity index is 276. The summed E-state index contributed by atoms with van der Waals surface area (Å²) in [6, 6.07) is 8.49. The Morgan fingerprint density at radius 2 is 2.08 bits per heavy atom. The van der Waals surface area contributed by atoms with Gasteiger partial charge in [0.05, 0.1) is 7.11 Å². The molecule has 0 amide bonds. The van der Waals surface area contributed by atoms with Crippen LogP contribution in [-0.4, -0.2) is 12.4 Å². The topological polar surface area (TPSA) is 26.3 Å². The van der Waals surface area contributed by atoms with E-state index in [4.69, 9.17) is 0 Å². The first-order valence-corrected chi connectivity index (χ1v) is 4.55. The number of carbonyl (C=O) groups is 1. The minimum absolute atomic E-state index is 0.470. The predicted octanol–water partition coefficient (Wildman–Crippen LogP) is 3.15. The highest BCUT2D eigenvalue weighted by molar-refractivity contribution is 8.13. The molecular weight excluding hydrogens is 191 g/mol. The van der Waals surface area contributed by atoms with Crippen LogP contribution in [0.1, 0.15) is 11.1 Å². The summed E-state index contributed by atoms with van der Waals surface area (Å²) < 4.78 is 17.6. The molecule has 1 aromatic carbocycles. The molecule has 0 aliphatic rings. The number of carbonyl (C=O) groups excluding carboxylic acids is 1. The van der Waals surface area contributed by atoms with Crippen LogP contribution in [0.5, 0.6) is 0 Å². The van der Waals surface area contributed by atoms with Gasteiger partial charge in [-0.15, -0.1) is 0 Å². The maximum Gasteiger partial charge on any atom is 0.370 e. The lowest BCUT2D eigenvalue weighted by molar-refractivity contribution is 0.199. The van der Waals surface area contributed by atoms with E-state index in [9.17, 15) is 9.18 Å². The highest BCUT2D eigenvalue weighted by Crippen LogP contribution is 2.30. The lowest BCUT2D eigenvalue weighted by atomic mass is 10.2. The zero-order chi connectivity index (χ0) is 9.68. The summed E-state index contributed by atoms with van der Waals surface area (Å²) in [6.45, 7) is 0. The molecule has 0 fully saturated rings. The van der Waals surface area contributed by atoms with Crippen molar-refractivity contribution >= 4 is 17.1 Å². The molecule has 0 spiro atoms. The van der Waals surface area contributed by atoms with E-state index >= 15 is 0 Å². The molecule has 1 rings (SSSR count). The van der Waals surface area contributed by atoms with Crippen molar-refractivity contribution in [2.24, 2.45) is 0 Å². The number of rotatable bonds is 2. The number of alkyl halides is 1. The van der Waals surface area contributed by atoms with Gasteiger partial charge in [-0.2, -0.15) is 0 Å². The van der Waals surface area contributed by atoms with Crippen molar-refractivity contribution in [2.45, 2.75) is 5.50 Å². The fraction of sp³-hybridized carbons (Fsp3) is 0.222. The van der Waals surface area contributed by atoms with E-state index in [1.165, 1.54) is 7.11 Å². The molecule has 0 aliphatic heterocycles. The Labute approximate surface area is 80.1 Å². The molecule has 0 aromatic heterocycles. The largest absolute Gasteiger partial charge is 0.461 e. The van der Waals surface area contributed by atoms with Crippen LogP contribution in [0.3, 0.4) is 0 Å². The van der Waals surface area contributed by atoms with Crippen molar-refractivity contribution in [3.05, 3.63) is 35.9 Å². The van der Waals surface area contributed by atoms with Gasteiger partial charge < -0.3 is 4.74 Å². The summed E-state index contributed by atoms with van der Waals surface area (Å²) in [5, 5.41) is -0.614. The van der Waals surface area contributed by atoms with E-state index in [-0.39, 0.29) is 0 Å². The summed E-state index contributed by atoms with van der Waals surface area (Å²) in [5.41, 5.74) is -0.883. The Balaban J connectivity index is 2.59. The van der Waals surface area contributed by atoms with Gasteiger partial charge in [-0.25, -0.2) is 9.18 Å². The molecule has 0 aliphatic carbocycles. The molecule has 0 saturated carbocycles. The Hall–Kier alpha value is -1.03. The van der Waals surface area contributed by atoms with Gasteiger partial charge in [-0.05, 0) is 17.3 Å². The van der Waals surface area contributed by atoms with Gasteiger partial charge in [0, 0.05) is 0 Å². The second-order valence-corrected chi connectivity index (χ2v) is 3.28. The van der Waals surface area contributed by atoms with Gasteiger partial charge in [0.2, 0.25) is 0 Å². The number of methoxy groups -OCH3 is 1. The molecule has 0 radical (unpaired) electrons. The molecule has 1 atom stereocenters. The van der Waals surface area contributed by atoms with E-state index in [1.807, 2.05) is 0 Å². The Morgan fingerprint density at radius 1 is 1.46 bits per heavy atom. The lowest BCUT2D eigenvalue weighted by Crippen LogP contribution is -1.95. The molecule has 0 heterocycles. The standard InChI is InChI=1S/C9H9FO2S/c1-12-9(11)13-8(10)7-5-3-2-4-6-7/h2-6,8H,1H3. The number of hydrogen-bond donors (Lipinski definition) is 0. The third kappa shape index (κ3) is 3.06. The maximum absolute atomic E-state index is 13.2. The second-order valence-electron chi connectivity index (χ2n) is 2.30. The molecule has 1 aromatic rings. The molecule has 13 heavy (non-hydrogen) atoms. The van der Waals surface area contributed by atoms with Crippen LogP contribution in [0.2, 0.25) is 0 Å². The van der Waals surface area contributed by atoms with Crippen molar-refractivity contribution in [1.82, 2.24) is 0 Å². The van der Waals surface area contributed by atoms with Crippen molar-refractivity contribution in [1.29, 1.82) is 0 Å². The van der Waals surface area contributed by atoms with Crippen LogP contribution in [0, 0.1) is 0 Å². The van der Waals surface area contributed by atoms with E-state index < -0.39 is 10.8 Å². The van der Waals surface area contributed by atoms with Crippen LogP contribution < -0.4 is 0 Å². The monoisotopic (exact) mass is 200 g/mol. The smallest absolute Gasteiger partial charge is 0.370 e. The van der Waals surface area contributed by atoms with Crippen molar-refractivity contribution < 1.29 is 13.9 Å². The zero-order valence-corrected chi connectivity index (χ0v) is 7.88. The molecule has 0 bridgehead atoms. The molecule has 4 heteroatoms. The zero-order valence-electron chi connectivity index (χ0n) is 7.07. The number of benzene rings is 1. The first-order chi connectivity index (χ1) is 6.24. The van der Waals surface area contributed by atoms with Gasteiger partial charge in [0.15, 0.2) is 5.50 Å². The average Bonchev–Trinajstić information content (AvgIpc) is 2.19. The van der Waals surface area contributed by atoms with Crippen LogP contribution in [0.25, 0.3) is 0 Å². The number of hydrogen-bond acceptors (Lipinski definition) is 3. The Kier molecular flexibility index (Phi) is 3.76. The third-order valence-electron chi connectivity index (χ3n) is 1.43. The summed E-state index contributed by atoms with van der Waals surface area (Å²) in [6.07, 6.45) is 0. The average molecular weight is 200 g/mol. The van der Waals surface area contributed by atoms with Crippen molar-refractivity contribution in [3.8, 4) is 0 Å². The fourth-order valence-corrected chi connectivity index (χ4v) is 1.36. The first-order valence-electron chi connectivity index (χ1n) is 3.67. The van der Waals surface area contributed by atoms with E-state index in [0.717, 1.165) is 0 Å². The molecular formula is C9H9FO2S. The number of halogens is 1. The van der Waals surface area contributed by atoms with E-state index in [1.54, 1.807) is 30.3 Å². The number of ether oxygens (including phenoxy) is 1. The minimum Gasteiger partial charge on any atom is -0.461 e. The highest BCUT2D eigenvalue weighted by atomic mass is 32.2. The van der Waals surface area contributed by atoms with Gasteiger partial charge in [-0.3, -0.25) is 0 Å².